The van der Waals surface area contributed by atoms with Crippen molar-refractivity contribution < 1.29 is 9.59 Å². The van der Waals surface area contributed by atoms with Crippen molar-refractivity contribution in [2.24, 2.45) is 7.05 Å². The maximum absolute atomic E-state index is 12.0. The highest BCUT2D eigenvalue weighted by atomic mass is 16.2. The number of nitrogens with one attached hydrogen (secondary N) is 1. The molecule has 0 fully saturated rings. The van der Waals surface area contributed by atoms with E-state index in [4.69, 9.17) is 0 Å². The molecule has 2 rings (SSSR count). The quantitative estimate of drug-likeness (QED) is 0.921. The Kier molecular flexibility index (Phi) is 4.37. The summed E-state index contributed by atoms with van der Waals surface area (Å²) in [5.41, 5.74) is 2.10. The standard InChI is InChI=1S/C15H18N4O2/c1-18(2)14(20)8-11-4-6-13(7-5-11)17-15(21)12-9-16-19(3)10-12/h4-7,9-10H,8H2,1-3H3,(H,17,21). The maximum Gasteiger partial charge on any atom is 0.258 e. The molecule has 0 radical (unpaired) electrons. The molecule has 0 unspecified atom stereocenters. The van der Waals surface area contributed by atoms with Crippen LogP contribution in [0.3, 0.4) is 0 Å². The number of anilines is 1. The molecule has 1 N–H and O–H groups in total. The van der Waals surface area contributed by atoms with Gasteiger partial charge in [0.2, 0.25) is 5.91 Å². The number of hydrogen-bond acceptors (Lipinski definition) is 3. The molecule has 0 saturated heterocycles. The predicted octanol–water partition coefficient (Wildman–Crippen LogP) is 1.30. The lowest BCUT2D eigenvalue weighted by molar-refractivity contribution is -0.127. The molecule has 0 aliphatic rings. The van der Waals surface area contributed by atoms with Crippen molar-refractivity contribution in [2.75, 3.05) is 19.4 Å². The third-order valence-electron chi connectivity index (χ3n) is 3.03. The second kappa shape index (κ2) is 6.21. The summed E-state index contributed by atoms with van der Waals surface area (Å²) >= 11 is 0. The number of likely N-dealkylation sites (N-methyl/N-ethyl adjacent to an activating group) is 1. The highest BCUT2D eigenvalue weighted by molar-refractivity contribution is 6.03. The van der Waals surface area contributed by atoms with Gasteiger partial charge in [-0.3, -0.25) is 14.3 Å². The Morgan fingerprint density at radius 2 is 1.90 bits per heavy atom. The average molecular weight is 286 g/mol. The lowest BCUT2D eigenvalue weighted by Gasteiger charge is -2.10. The van der Waals surface area contributed by atoms with E-state index in [9.17, 15) is 9.59 Å². The van der Waals surface area contributed by atoms with E-state index in [-0.39, 0.29) is 11.8 Å². The predicted molar refractivity (Wildman–Crippen MR) is 80.0 cm³/mol. The number of rotatable bonds is 4. The monoisotopic (exact) mass is 286 g/mol. The highest BCUT2D eigenvalue weighted by Gasteiger charge is 2.09. The Hall–Kier alpha value is -2.63. The molecule has 21 heavy (non-hydrogen) atoms. The first-order chi connectivity index (χ1) is 9.95. The van der Waals surface area contributed by atoms with Gasteiger partial charge < -0.3 is 10.2 Å². The van der Waals surface area contributed by atoms with Gasteiger partial charge in [0.1, 0.15) is 0 Å². The molecular weight excluding hydrogens is 268 g/mol. The molecule has 0 atom stereocenters. The molecule has 110 valence electrons. The second-order valence-electron chi connectivity index (χ2n) is 5.02. The van der Waals surface area contributed by atoms with Gasteiger partial charge in [-0.1, -0.05) is 12.1 Å². The number of carbonyl (C=O) groups excluding carboxylic acids is 2. The van der Waals surface area contributed by atoms with E-state index in [1.807, 2.05) is 12.1 Å². The normalized spacial score (nSPS) is 10.2. The number of aromatic nitrogens is 2. The second-order valence-corrected chi connectivity index (χ2v) is 5.02. The van der Waals surface area contributed by atoms with E-state index < -0.39 is 0 Å². The lowest BCUT2D eigenvalue weighted by Crippen LogP contribution is -2.23. The van der Waals surface area contributed by atoms with Crippen LogP contribution in [0.15, 0.2) is 36.7 Å². The van der Waals surface area contributed by atoms with E-state index >= 15 is 0 Å². The first-order valence-electron chi connectivity index (χ1n) is 6.55. The Balaban J connectivity index is 1.99. The van der Waals surface area contributed by atoms with Crippen molar-refractivity contribution in [1.82, 2.24) is 14.7 Å². The van der Waals surface area contributed by atoms with Crippen LogP contribution in [0.1, 0.15) is 15.9 Å². The van der Waals surface area contributed by atoms with Crippen molar-refractivity contribution in [2.45, 2.75) is 6.42 Å². The van der Waals surface area contributed by atoms with Crippen molar-refractivity contribution in [3.05, 3.63) is 47.8 Å². The van der Waals surface area contributed by atoms with Gasteiger partial charge in [-0.15, -0.1) is 0 Å². The van der Waals surface area contributed by atoms with Gasteiger partial charge in [0, 0.05) is 33.0 Å². The number of hydrogen-bond donors (Lipinski definition) is 1. The van der Waals surface area contributed by atoms with E-state index in [2.05, 4.69) is 10.4 Å². The van der Waals surface area contributed by atoms with E-state index in [0.29, 0.717) is 17.7 Å². The molecule has 0 bridgehead atoms. The molecule has 2 aromatic rings. The molecule has 1 aromatic heterocycles. The summed E-state index contributed by atoms with van der Waals surface area (Å²) in [5.74, 6) is -0.164. The zero-order valence-corrected chi connectivity index (χ0v) is 12.3. The Labute approximate surface area is 123 Å². The molecule has 0 aliphatic heterocycles. The van der Waals surface area contributed by atoms with Crippen LogP contribution >= 0.6 is 0 Å². The minimum atomic E-state index is -0.208. The van der Waals surface area contributed by atoms with Gasteiger partial charge in [-0.2, -0.15) is 5.10 Å². The van der Waals surface area contributed by atoms with Crippen molar-refractivity contribution >= 4 is 17.5 Å². The van der Waals surface area contributed by atoms with Crippen LogP contribution in [-0.4, -0.2) is 40.6 Å². The fourth-order valence-electron chi connectivity index (χ4n) is 1.78. The maximum atomic E-state index is 12.0. The fourth-order valence-corrected chi connectivity index (χ4v) is 1.78. The van der Waals surface area contributed by atoms with E-state index in [0.717, 1.165) is 5.56 Å². The fraction of sp³-hybridized carbons (Fsp3) is 0.267. The molecule has 6 nitrogen and oxygen atoms in total. The summed E-state index contributed by atoms with van der Waals surface area (Å²) in [6, 6.07) is 7.24. The summed E-state index contributed by atoms with van der Waals surface area (Å²) in [6.45, 7) is 0. The minimum absolute atomic E-state index is 0.0437. The van der Waals surface area contributed by atoms with Crippen LogP contribution in [0.25, 0.3) is 0 Å². The third-order valence-corrected chi connectivity index (χ3v) is 3.03. The van der Waals surface area contributed by atoms with Gasteiger partial charge in [0.05, 0.1) is 18.2 Å². The van der Waals surface area contributed by atoms with E-state index in [1.165, 1.54) is 6.20 Å². The zero-order valence-electron chi connectivity index (χ0n) is 12.3. The number of amides is 2. The SMILES string of the molecule is CN(C)C(=O)Cc1ccc(NC(=O)c2cnn(C)c2)cc1. The van der Waals surface area contributed by atoms with Gasteiger partial charge in [-0.05, 0) is 17.7 Å². The van der Waals surface area contributed by atoms with Crippen LogP contribution < -0.4 is 5.32 Å². The molecule has 0 spiro atoms. The Morgan fingerprint density at radius 3 is 2.43 bits per heavy atom. The smallest absolute Gasteiger partial charge is 0.258 e. The van der Waals surface area contributed by atoms with Gasteiger partial charge in [0.25, 0.3) is 5.91 Å². The van der Waals surface area contributed by atoms with Crippen molar-refractivity contribution in [3.8, 4) is 0 Å². The van der Waals surface area contributed by atoms with E-state index in [1.54, 1.807) is 49.1 Å². The Morgan fingerprint density at radius 1 is 1.24 bits per heavy atom. The van der Waals surface area contributed by atoms with Crippen LogP contribution in [0, 0.1) is 0 Å². The third kappa shape index (κ3) is 3.92. The summed E-state index contributed by atoms with van der Waals surface area (Å²) in [5, 5.41) is 6.74. The zero-order chi connectivity index (χ0) is 15.4. The Bertz CT molecular complexity index is 644. The largest absolute Gasteiger partial charge is 0.349 e. The molecule has 6 heteroatoms. The van der Waals surface area contributed by atoms with Crippen molar-refractivity contribution in [1.29, 1.82) is 0 Å². The number of nitrogens with zero attached hydrogens (tertiary/aromatic N) is 3. The molecule has 2 amide bonds. The topological polar surface area (TPSA) is 67.2 Å². The average Bonchev–Trinajstić information content (AvgIpc) is 2.87. The van der Waals surface area contributed by atoms with Crippen LogP contribution in [0.5, 0.6) is 0 Å². The molecule has 1 aromatic carbocycles. The summed E-state index contributed by atoms with van der Waals surface area (Å²) in [4.78, 5) is 25.1. The number of aryl methyl sites for hydroxylation is 1. The van der Waals surface area contributed by atoms with Gasteiger partial charge in [0.15, 0.2) is 0 Å². The first kappa shape index (κ1) is 14.8. The first-order valence-corrected chi connectivity index (χ1v) is 6.55. The molecule has 0 aliphatic carbocycles. The van der Waals surface area contributed by atoms with Crippen LogP contribution in [0.2, 0.25) is 0 Å². The van der Waals surface area contributed by atoms with Crippen LogP contribution in [0.4, 0.5) is 5.69 Å². The number of carbonyl (C=O) groups is 2. The minimum Gasteiger partial charge on any atom is -0.349 e. The summed E-state index contributed by atoms with van der Waals surface area (Å²) < 4.78 is 1.57. The van der Waals surface area contributed by atoms with Crippen molar-refractivity contribution in [3.63, 3.8) is 0 Å². The lowest BCUT2D eigenvalue weighted by atomic mass is 10.1. The molecular formula is C15H18N4O2. The molecule has 0 saturated carbocycles. The summed E-state index contributed by atoms with van der Waals surface area (Å²) in [6.07, 6.45) is 3.52. The highest BCUT2D eigenvalue weighted by Crippen LogP contribution is 2.12. The summed E-state index contributed by atoms with van der Waals surface area (Å²) in [7, 11) is 5.21. The van der Waals surface area contributed by atoms with Gasteiger partial charge >= 0.3 is 0 Å². The number of benzene rings is 1. The van der Waals surface area contributed by atoms with Gasteiger partial charge in [-0.25, -0.2) is 0 Å². The van der Waals surface area contributed by atoms with Crippen LogP contribution in [-0.2, 0) is 18.3 Å². The molecule has 1 heterocycles.